The molecule has 1 aliphatic heterocycles. The first-order valence-electron chi connectivity index (χ1n) is 5.59. The predicted octanol–water partition coefficient (Wildman–Crippen LogP) is 1.15. The van der Waals surface area contributed by atoms with E-state index >= 15 is 0 Å². The maximum absolute atomic E-state index is 10.2. The standard InChI is InChI=1S/C12H15NO3/c13-7-12(3-4-12)8-1-2-9-11(10(8)14)16-6-5-15-9/h1-2,14H,3-7,13H2. The summed E-state index contributed by atoms with van der Waals surface area (Å²) in [5, 5.41) is 10.2. The van der Waals surface area contributed by atoms with Gasteiger partial charge in [-0.25, -0.2) is 0 Å². The Morgan fingerprint density at radius 1 is 1.25 bits per heavy atom. The quantitative estimate of drug-likeness (QED) is 0.786. The molecule has 3 N–H and O–H groups in total. The van der Waals surface area contributed by atoms with Crippen LogP contribution < -0.4 is 15.2 Å². The van der Waals surface area contributed by atoms with Gasteiger partial charge in [-0.15, -0.1) is 0 Å². The van der Waals surface area contributed by atoms with E-state index in [1.54, 1.807) is 0 Å². The highest BCUT2D eigenvalue weighted by Gasteiger charge is 2.45. The van der Waals surface area contributed by atoms with Gasteiger partial charge in [-0.2, -0.15) is 0 Å². The molecule has 0 amide bonds. The van der Waals surface area contributed by atoms with E-state index in [1.165, 1.54) is 0 Å². The van der Waals surface area contributed by atoms with Gasteiger partial charge in [0.2, 0.25) is 5.75 Å². The highest BCUT2D eigenvalue weighted by Crippen LogP contribution is 2.54. The van der Waals surface area contributed by atoms with E-state index in [0.29, 0.717) is 31.3 Å². The van der Waals surface area contributed by atoms with Crippen molar-refractivity contribution in [2.75, 3.05) is 19.8 Å². The van der Waals surface area contributed by atoms with Crippen molar-refractivity contribution in [3.05, 3.63) is 17.7 Å². The van der Waals surface area contributed by atoms with Gasteiger partial charge in [0.1, 0.15) is 13.2 Å². The van der Waals surface area contributed by atoms with Crippen molar-refractivity contribution >= 4 is 0 Å². The Bertz CT molecular complexity index is 427. The van der Waals surface area contributed by atoms with Gasteiger partial charge in [0.15, 0.2) is 11.5 Å². The Kier molecular flexibility index (Phi) is 2.01. The zero-order chi connectivity index (χ0) is 11.2. The Morgan fingerprint density at radius 3 is 2.69 bits per heavy atom. The number of benzene rings is 1. The van der Waals surface area contributed by atoms with Gasteiger partial charge in [-0.05, 0) is 18.9 Å². The molecule has 0 radical (unpaired) electrons. The van der Waals surface area contributed by atoms with E-state index < -0.39 is 0 Å². The number of rotatable bonds is 2. The minimum Gasteiger partial charge on any atom is -0.504 e. The van der Waals surface area contributed by atoms with Crippen molar-refractivity contribution in [3.63, 3.8) is 0 Å². The molecule has 0 atom stereocenters. The zero-order valence-corrected chi connectivity index (χ0v) is 9.03. The number of aromatic hydroxyl groups is 1. The molecule has 4 nitrogen and oxygen atoms in total. The first-order chi connectivity index (χ1) is 7.77. The molecule has 0 aromatic heterocycles. The smallest absolute Gasteiger partial charge is 0.203 e. The van der Waals surface area contributed by atoms with Crippen molar-refractivity contribution in [3.8, 4) is 17.2 Å². The Labute approximate surface area is 94.0 Å². The second kappa shape index (κ2) is 3.28. The molecule has 0 spiro atoms. The topological polar surface area (TPSA) is 64.7 Å². The molecule has 1 heterocycles. The van der Waals surface area contributed by atoms with Gasteiger partial charge < -0.3 is 20.3 Å². The van der Waals surface area contributed by atoms with E-state index in [0.717, 1.165) is 18.4 Å². The highest BCUT2D eigenvalue weighted by atomic mass is 16.6. The largest absolute Gasteiger partial charge is 0.504 e. The van der Waals surface area contributed by atoms with Crippen LogP contribution in [-0.4, -0.2) is 24.9 Å². The lowest BCUT2D eigenvalue weighted by atomic mass is 9.94. The fraction of sp³-hybridized carbons (Fsp3) is 0.500. The first-order valence-corrected chi connectivity index (χ1v) is 5.59. The van der Waals surface area contributed by atoms with Crippen molar-refractivity contribution in [2.45, 2.75) is 18.3 Å². The van der Waals surface area contributed by atoms with Crippen LogP contribution in [0.4, 0.5) is 0 Å². The second-order valence-corrected chi connectivity index (χ2v) is 4.47. The van der Waals surface area contributed by atoms with Crippen molar-refractivity contribution in [1.82, 2.24) is 0 Å². The van der Waals surface area contributed by atoms with Gasteiger partial charge in [0.25, 0.3) is 0 Å². The van der Waals surface area contributed by atoms with E-state index in [4.69, 9.17) is 15.2 Å². The number of hydrogen-bond acceptors (Lipinski definition) is 4. The summed E-state index contributed by atoms with van der Waals surface area (Å²) in [6.45, 7) is 1.59. The zero-order valence-electron chi connectivity index (χ0n) is 9.03. The van der Waals surface area contributed by atoms with Gasteiger partial charge >= 0.3 is 0 Å². The van der Waals surface area contributed by atoms with Crippen molar-refractivity contribution in [2.24, 2.45) is 5.73 Å². The summed E-state index contributed by atoms with van der Waals surface area (Å²) in [5.41, 5.74) is 6.64. The average Bonchev–Trinajstić information content (AvgIpc) is 3.11. The van der Waals surface area contributed by atoms with Crippen LogP contribution in [0.1, 0.15) is 18.4 Å². The van der Waals surface area contributed by atoms with Gasteiger partial charge in [-0.1, -0.05) is 6.07 Å². The normalized spacial score (nSPS) is 20.6. The van der Waals surface area contributed by atoms with Crippen LogP contribution in [-0.2, 0) is 5.41 Å². The summed E-state index contributed by atoms with van der Waals surface area (Å²) >= 11 is 0. The number of fused-ring (bicyclic) bond motifs is 1. The average molecular weight is 221 g/mol. The molecule has 1 saturated carbocycles. The number of hydrogen-bond donors (Lipinski definition) is 2. The van der Waals surface area contributed by atoms with Gasteiger partial charge in [0, 0.05) is 17.5 Å². The summed E-state index contributed by atoms with van der Waals surface area (Å²) in [6, 6.07) is 3.77. The molecule has 16 heavy (non-hydrogen) atoms. The summed E-state index contributed by atoms with van der Waals surface area (Å²) in [5.74, 6) is 1.31. The van der Waals surface area contributed by atoms with E-state index in [2.05, 4.69) is 0 Å². The number of ether oxygens (including phenoxy) is 2. The van der Waals surface area contributed by atoms with Crippen LogP contribution in [0.25, 0.3) is 0 Å². The number of nitrogens with two attached hydrogens (primary N) is 1. The van der Waals surface area contributed by atoms with E-state index in [-0.39, 0.29) is 11.2 Å². The van der Waals surface area contributed by atoms with Gasteiger partial charge in [0.05, 0.1) is 0 Å². The molecule has 4 heteroatoms. The molecule has 1 aromatic rings. The van der Waals surface area contributed by atoms with Crippen LogP contribution in [0.15, 0.2) is 12.1 Å². The molecule has 0 saturated heterocycles. The fourth-order valence-electron chi connectivity index (χ4n) is 2.26. The van der Waals surface area contributed by atoms with E-state index in [1.807, 2.05) is 12.1 Å². The second-order valence-electron chi connectivity index (χ2n) is 4.47. The molecular weight excluding hydrogens is 206 g/mol. The molecule has 2 aliphatic rings. The van der Waals surface area contributed by atoms with Crippen molar-refractivity contribution in [1.29, 1.82) is 0 Å². The number of phenolic OH excluding ortho intramolecular Hbond substituents is 1. The summed E-state index contributed by atoms with van der Waals surface area (Å²) < 4.78 is 10.9. The lowest BCUT2D eigenvalue weighted by Gasteiger charge is -2.23. The van der Waals surface area contributed by atoms with Crippen LogP contribution in [0.2, 0.25) is 0 Å². The maximum atomic E-state index is 10.2. The Hall–Kier alpha value is -1.42. The van der Waals surface area contributed by atoms with Gasteiger partial charge in [-0.3, -0.25) is 0 Å². The van der Waals surface area contributed by atoms with Crippen LogP contribution in [0, 0.1) is 0 Å². The minimum atomic E-state index is -0.0279. The van der Waals surface area contributed by atoms with Crippen LogP contribution in [0.5, 0.6) is 17.2 Å². The van der Waals surface area contributed by atoms with E-state index in [9.17, 15) is 5.11 Å². The maximum Gasteiger partial charge on any atom is 0.203 e. The molecule has 0 bridgehead atoms. The lowest BCUT2D eigenvalue weighted by Crippen LogP contribution is -2.21. The highest BCUT2D eigenvalue weighted by molar-refractivity contribution is 5.59. The molecule has 86 valence electrons. The SMILES string of the molecule is NCC1(c2ccc3c(c2O)OCCO3)CC1. The first kappa shape index (κ1) is 9.78. The molecule has 1 aromatic carbocycles. The third-order valence-electron chi connectivity index (χ3n) is 3.50. The monoisotopic (exact) mass is 221 g/mol. The molecule has 1 aliphatic carbocycles. The summed E-state index contributed by atoms with van der Waals surface area (Å²) in [6.07, 6.45) is 2.08. The van der Waals surface area contributed by atoms with Crippen molar-refractivity contribution < 1.29 is 14.6 Å². The Balaban J connectivity index is 2.07. The van der Waals surface area contributed by atoms with Crippen LogP contribution in [0.3, 0.4) is 0 Å². The van der Waals surface area contributed by atoms with Crippen LogP contribution >= 0.6 is 0 Å². The fourth-order valence-corrected chi connectivity index (χ4v) is 2.26. The molecule has 3 rings (SSSR count). The third kappa shape index (κ3) is 1.26. The number of phenols is 1. The Morgan fingerprint density at radius 2 is 2.00 bits per heavy atom. The predicted molar refractivity (Wildman–Crippen MR) is 59.1 cm³/mol. The third-order valence-corrected chi connectivity index (χ3v) is 3.50. The molecular formula is C12H15NO3. The summed E-state index contributed by atoms with van der Waals surface area (Å²) in [7, 11) is 0. The molecule has 1 fully saturated rings. The lowest BCUT2D eigenvalue weighted by molar-refractivity contribution is 0.165. The summed E-state index contributed by atoms with van der Waals surface area (Å²) in [4.78, 5) is 0. The minimum absolute atomic E-state index is 0.0279. The molecule has 0 unspecified atom stereocenters.